The van der Waals surface area contributed by atoms with Crippen LogP contribution in [0.4, 0.5) is 0 Å². The monoisotopic (exact) mass is 470 g/mol. The second kappa shape index (κ2) is 8.96. The lowest BCUT2D eigenvalue weighted by Gasteiger charge is -2.40. The molecule has 1 unspecified atom stereocenters. The zero-order valence-electron chi connectivity index (χ0n) is 17.9. The van der Waals surface area contributed by atoms with Crippen LogP contribution in [0.15, 0.2) is 89.7 Å². The van der Waals surface area contributed by atoms with E-state index in [-0.39, 0.29) is 17.9 Å². The van der Waals surface area contributed by atoms with Crippen LogP contribution >= 0.6 is 11.6 Å². The summed E-state index contributed by atoms with van der Waals surface area (Å²) in [5.74, 6) is -0.419. The zero-order valence-corrected chi connectivity index (χ0v) is 18.6. The SMILES string of the molecule is O=C(/C=C/c1ccccc1)NN1C(=O)CC1c1nc2ccccc2c(=O)n1-c1ccccc1Cl. The maximum Gasteiger partial charge on any atom is 0.266 e. The smallest absolute Gasteiger partial charge is 0.266 e. The Morgan fingerprint density at radius 1 is 0.971 bits per heavy atom. The fraction of sp³-hybridized carbons (Fsp3) is 0.0769. The Morgan fingerprint density at radius 3 is 2.44 bits per heavy atom. The number of halogens is 1. The fourth-order valence-corrected chi connectivity index (χ4v) is 4.12. The average Bonchev–Trinajstić information content (AvgIpc) is 2.86. The highest BCUT2D eigenvalue weighted by molar-refractivity contribution is 6.32. The van der Waals surface area contributed by atoms with E-state index >= 15 is 0 Å². The molecule has 1 N–H and O–H groups in total. The van der Waals surface area contributed by atoms with E-state index < -0.39 is 11.9 Å². The van der Waals surface area contributed by atoms with Gasteiger partial charge in [0.1, 0.15) is 11.9 Å². The van der Waals surface area contributed by atoms with Gasteiger partial charge in [-0.2, -0.15) is 0 Å². The first kappa shape index (κ1) is 21.6. The van der Waals surface area contributed by atoms with Gasteiger partial charge in [0, 0.05) is 6.08 Å². The standard InChI is InChI=1S/C26H19ClN4O3/c27-19-11-5-7-13-21(19)30-25(28-20-12-6-4-10-18(20)26(30)34)22-16-24(33)31(22)29-23(32)15-14-17-8-2-1-3-9-17/h1-15,22H,16H2,(H,29,32)/b15-14+. The number of β-lactam (4-membered cyclic amide) rings is 1. The van der Waals surface area contributed by atoms with Crippen molar-refractivity contribution in [2.24, 2.45) is 0 Å². The third-order valence-corrected chi connectivity index (χ3v) is 5.92. The number of carbonyl (C=O) groups is 2. The predicted octanol–water partition coefficient (Wildman–Crippen LogP) is 4.06. The highest BCUT2D eigenvalue weighted by atomic mass is 35.5. The molecule has 0 bridgehead atoms. The molecule has 1 fully saturated rings. The number of benzene rings is 3. The molecular weight excluding hydrogens is 452 g/mol. The fourth-order valence-electron chi connectivity index (χ4n) is 3.89. The number of aromatic nitrogens is 2. The highest BCUT2D eigenvalue weighted by Gasteiger charge is 2.42. The molecule has 2 heterocycles. The minimum absolute atomic E-state index is 0.0952. The Hall–Kier alpha value is -4.23. The summed E-state index contributed by atoms with van der Waals surface area (Å²) in [6.45, 7) is 0. The van der Waals surface area contributed by atoms with Crippen molar-refractivity contribution in [3.63, 3.8) is 0 Å². The molecule has 2 amide bonds. The molecule has 4 aromatic rings. The van der Waals surface area contributed by atoms with E-state index in [0.717, 1.165) is 5.56 Å². The van der Waals surface area contributed by atoms with Crippen molar-refractivity contribution in [1.29, 1.82) is 0 Å². The number of nitrogens with one attached hydrogen (secondary N) is 1. The first-order valence-electron chi connectivity index (χ1n) is 10.7. The summed E-state index contributed by atoms with van der Waals surface area (Å²) in [5.41, 5.74) is 4.12. The number of nitrogens with zero attached hydrogens (tertiary/aromatic N) is 3. The van der Waals surface area contributed by atoms with E-state index in [1.165, 1.54) is 15.7 Å². The molecule has 0 aliphatic carbocycles. The van der Waals surface area contributed by atoms with Crippen LogP contribution in [-0.2, 0) is 9.59 Å². The lowest BCUT2D eigenvalue weighted by molar-refractivity contribution is -0.156. The molecule has 168 valence electrons. The summed E-state index contributed by atoms with van der Waals surface area (Å²) in [7, 11) is 0. The molecule has 1 saturated heterocycles. The molecule has 3 aromatic carbocycles. The highest BCUT2D eigenvalue weighted by Crippen LogP contribution is 2.34. The summed E-state index contributed by atoms with van der Waals surface area (Å²) in [6, 6.07) is 22.6. The number of fused-ring (bicyclic) bond motifs is 1. The number of amides is 2. The molecule has 1 aliphatic heterocycles. The topological polar surface area (TPSA) is 84.3 Å². The molecule has 7 nitrogen and oxygen atoms in total. The minimum Gasteiger partial charge on any atom is -0.273 e. The van der Waals surface area contributed by atoms with Crippen molar-refractivity contribution in [3.8, 4) is 5.69 Å². The zero-order chi connectivity index (χ0) is 23.7. The van der Waals surface area contributed by atoms with Gasteiger partial charge < -0.3 is 0 Å². The molecule has 0 saturated carbocycles. The average molecular weight is 471 g/mol. The second-order valence-electron chi connectivity index (χ2n) is 7.78. The molecular formula is C26H19ClN4O3. The summed E-state index contributed by atoms with van der Waals surface area (Å²) in [5, 5.41) is 2.01. The molecule has 34 heavy (non-hydrogen) atoms. The van der Waals surface area contributed by atoms with Crippen molar-refractivity contribution < 1.29 is 9.59 Å². The van der Waals surface area contributed by atoms with Crippen molar-refractivity contribution in [1.82, 2.24) is 20.0 Å². The lowest BCUT2D eigenvalue weighted by atomic mass is 10.0. The van der Waals surface area contributed by atoms with Crippen LogP contribution in [0.2, 0.25) is 5.02 Å². The molecule has 1 aliphatic rings. The number of para-hydroxylation sites is 2. The maximum atomic E-state index is 13.5. The summed E-state index contributed by atoms with van der Waals surface area (Å²) >= 11 is 6.42. The Labute approximate surface area is 199 Å². The van der Waals surface area contributed by atoms with Gasteiger partial charge in [-0.3, -0.25) is 24.4 Å². The molecule has 1 atom stereocenters. The first-order chi connectivity index (χ1) is 16.5. The van der Waals surface area contributed by atoms with E-state index in [4.69, 9.17) is 16.6 Å². The van der Waals surface area contributed by atoms with Gasteiger partial charge in [0.15, 0.2) is 0 Å². The van der Waals surface area contributed by atoms with Crippen molar-refractivity contribution in [2.45, 2.75) is 12.5 Å². The van der Waals surface area contributed by atoms with E-state index in [1.807, 2.05) is 30.3 Å². The number of rotatable bonds is 5. The number of hydrogen-bond acceptors (Lipinski definition) is 4. The van der Waals surface area contributed by atoms with E-state index in [1.54, 1.807) is 54.6 Å². The minimum atomic E-state index is -0.629. The Morgan fingerprint density at radius 2 is 1.68 bits per heavy atom. The van der Waals surface area contributed by atoms with Gasteiger partial charge in [-0.05, 0) is 35.9 Å². The van der Waals surface area contributed by atoms with Gasteiger partial charge in [-0.1, -0.05) is 66.2 Å². The van der Waals surface area contributed by atoms with Crippen molar-refractivity contribution >= 4 is 40.4 Å². The van der Waals surface area contributed by atoms with Crippen LogP contribution in [-0.4, -0.2) is 26.4 Å². The summed E-state index contributed by atoms with van der Waals surface area (Å²) in [4.78, 5) is 43.1. The van der Waals surface area contributed by atoms with Crippen LogP contribution < -0.4 is 11.0 Å². The van der Waals surface area contributed by atoms with Gasteiger partial charge in [0.2, 0.25) is 5.91 Å². The largest absolute Gasteiger partial charge is 0.273 e. The van der Waals surface area contributed by atoms with Gasteiger partial charge in [0.05, 0.1) is 28.0 Å². The lowest BCUT2D eigenvalue weighted by Crippen LogP contribution is -2.57. The molecule has 5 rings (SSSR count). The number of carbonyl (C=O) groups excluding carboxylic acids is 2. The van der Waals surface area contributed by atoms with Gasteiger partial charge >= 0.3 is 0 Å². The van der Waals surface area contributed by atoms with Crippen LogP contribution in [0.5, 0.6) is 0 Å². The predicted molar refractivity (Wildman–Crippen MR) is 130 cm³/mol. The maximum absolute atomic E-state index is 13.5. The quantitative estimate of drug-likeness (QED) is 0.352. The number of hydrazine groups is 1. The molecule has 0 radical (unpaired) electrons. The molecule has 8 heteroatoms. The van der Waals surface area contributed by atoms with Gasteiger partial charge in [-0.15, -0.1) is 0 Å². The van der Waals surface area contributed by atoms with Crippen LogP contribution in [0.3, 0.4) is 0 Å². The normalized spacial score (nSPS) is 15.5. The number of hydrogen-bond donors (Lipinski definition) is 1. The Bertz CT molecular complexity index is 1500. The third kappa shape index (κ3) is 3.97. The van der Waals surface area contributed by atoms with Gasteiger partial charge in [0.25, 0.3) is 11.5 Å². The van der Waals surface area contributed by atoms with Crippen molar-refractivity contribution in [3.05, 3.63) is 112 Å². The van der Waals surface area contributed by atoms with Crippen LogP contribution in [0, 0.1) is 0 Å². The first-order valence-corrected chi connectivity index (χ1v) is 11.0. The Kier molecular flexibility index (Phi) is 5.69. The van der Waals surface area contributed by atoms with Crippen molar-refractivity contribution in [2.75, 3.05) is 0 Å². The van der Waals surface area contributed by atoms with E-state index in [0.29, 0.717) is 27.4 Å². The van der Waals surface area contributed by atoms with Crippen LogP contribution in [0.1, 0.15) is 23.9 Å². The Balaban J connectivity index is 1.53. The van der Waals surface area contributed by atoms with E-state index in [9.17, 15) is 14.4 Å². The van der Waals surface area contributed by atoms with E-state index in [2.05, 4.69) is 5.43 Å². The summed E-state index contributed by atoms with van der Waals surface area (Å²) in [6.07, 6.45) is 3.10. The molecule has 0 spiro atoms. The second-order valence-corrected chi connectivity index (χ2v) is 8.19. The summed E-state index contributed by atoms with van der Waals surface area (Å²) < 4.78 is 1.42. The van der Waals surface area contributed by atoms with Gasteiger partial charge in [-0.25, -0.2) is 9.99 Å². The van der Waals surface area contributed by atoms with Crippen LogP contribution in [0.25, 0.3) is 22.7 Å². The third-order valence-electron chi connectivity index (χ3n) is 5.60. The molecule has 1 aromatic heterocycles.